The van der Waals surface area contributed by atoms with E-state index in [1.54, 1.807) is 54.6 Å². The fraction of sp³-hybridized carbons (Fsp3) is 0.188. The molecule has 5 nitrogen and oxygen atoms in total. The number of sulfonamides is 1. The lowest BCUT2D eigenvalue weighted by atomic mass is 10.1. The molecule has 0 saturated heterocycles. The van der Waals surface area contributed by atoms with Crippen LogP contribution in [0.15, 0.2) is 54.6 Å². The van der Waals surface area contributed by atoms with Gasteiger partial charge in [0.2, 0.25) is 15.9 Å². The van der Waals surface area contributed by atoms with Crippen LogP contribution in [0, 0.1) is 0 Å². The second kappa shape index (κ2) is 7.12. The third-order valence-corrected chi connectivity index (χ3v) is 4.83. The van der Waals surface area contributed by atoms with Gasteiger partial charge in [0.25, 0.3) is 0 Å². The highest BCUT2D eigenvalue weighted by Crippen LogP contribution is 2.24. The van der Waals surface area contributed by atoms with Crippen LogP contribution >= 0.6 is 11.6 Å². The third kappa shape index (κ3) is 4.54. The molecule has 0 radical (unpaired) electrons. The predicted molar refractivity (Wildman–Crippen MR) is 91.9 cm³/mol. The molecule has 1 unspecified atom stereocenters. The first kappa shape index (κ1) is 17.5. The van der Waals surface area contributed by atoms with Crippen molar-refractivity contribution in [1.29, 1.82) is 0 Å². The molecular weight excluding hydrogens is 336 g/mol. The number of benzene rings is 2. The second-order valence-corrected chi connectivity index (χ2v) is 7.57. The Morgan fingerprint density at radius 3 is 2.35 bits per heavy atom. The zero-order valence-corrected chi connectivity index (χ0v) is 14.3. The van der Waals surface area contributed by atoms with Crippen LogP contribution in [0.25, 0.3) is 0 Å². The number of hydrogen-bond acceptors (Lipinski definition) is 3. The highest BCUT2D eigenvalue weighted by atomic mass is 35.5. The zero-order chi connectivity index (χ0) is 17.0. The van der Waals surface area contributed by atoms with Crippen LogP contribution in [0.2, 0.25) is 5.02 Å². The first-order valence-electron chi connectivity index (χ1n) is 6.83. The second-order valence-electron chi connectivity index (χ2n) is 5.09. The van der Waals surface area contributed by atoms with Crippen molar-refractivity contribution in [3.8, 4) is 0 Å². The van der Waals surface area contributed by atoms with Gasteiger partial charge in [0.1, 0.15) is 6.04 Å². The fourth-order valence-electron chi connectivity index (χ4n) is 2.13. The van der Waals surface area contributed by atoms with Crippen LogP contribution in [0.4, 0.5) is 5.69 Å². The van der Waals surface area contributed by atoms with E-state index in [1.807, 2.05) is 0 Å². The van der Waals surface area contributed by atoms with Gasteiger partial charge in [-0.05, 0) is 23.8 Å². The Balaban J connectivity index is 2.35. The molecule has 0 aromatic heterocycles. The molecule has 2 aromatic carbocycles. The average Bonchev–Trinajstić information content (AvgIpc) is 2.47. The number of amides is 1. The van der Waals surface area contributed by atoms with Crippen LogP contribution in [-0.2, 0) is 14.8 Å². The molecule has 0 aliphatic rings. The van der Waals surface area contributed by atoms with Crippen molar-refractivity contribution in [2.24, 2.45) is 0 Å². The molecule has 1 atom stereocenters. The summed E-state index contributed by atoms with van der Waals surface area (Å²) in [5, 5.41) is 3.19. The number of halogens is 1. The predicted octanol–water partition coefficient (Wildman–Crippen LogP) is 2.91. The van der Waals surface area contributed by atoms with Crippen molar-refractivity contribution >= 4 is 33.2 Å². The Morgan fingerprint density at radius 1 is 1.13 bits per heavy atom. The van der Waals surface area contributed by atoms with Crippen LogP contribution in [0.5, 0.6) is 0 Å². The first-order chi connectivity index (χ1) is 10.8. The topological polar surface area (TPSA) is 66.5 Å². The molecule has 0 fully saturated rings. The maximum absolute atomic E-state index is 12.7. The summed E-state index contributed by atoms with van der Waals surface area (Å²) in [4.78, 5) is 12.7. The number of carbonyl (C=O) groups excluding carboxylic acids is 1. The molecule has 7 heteroatoms. The number of hydrogen-bond donors (Lipinski definition) is 1. The van der Waals surface area contributed by atoms with Gasteiger partial charge >= 0.3 is 0 Å². The number of nitrogens with one attached hydrogen (secondary N) is 1. The van der Waals surface area contributed by atoms with Gasteiger partial charge in [-0.1, -0.05) is 48.0 Å². The number of carbonyl (C=O) groups is 1. The Hall–Kier alpha value is -1.89. The summed E-state index contributed by atoms with van der Waals surface area (Å²) < 4.78 is 24.8. The molecule has 0 bridgehead atoms. The van der Waals surface area contributed by atoms with Crippen LogP contribution in [0.1, 0.15) is 11.6 Å². The number of rotatable bonds is 5. The Morgan fingerprint density at radius 2 is 1.78 bits per heavy atom. The molecule has 0 spiro atoms. The summed E-state index contributed by atoms with van der Waals surface area (Å²) in [5.41, 5.74) is 1.09. The van der Waals surface area contributed by atoms with Crippen molar-refractivity contribution in [1.82, 2.24) is 4.31 Å². The van der Waals surface area contributed by atoms with Crippen LogP contribution in [-0.4, -0.2) is 31.9 Å². The Bertz CT molecular complexity index is 794. The molecule has 2 rings (SSSR count). The van der Waals surface area contributed by atoms with Gasteiger partial charge in [0.15, 0.2) is 0 Å². The van der Waals surface area contributed by atoms with E-state index in [0.717, 1.165) is 10.6 Å². The lowest BCUT2D eigenvalue weighted by Crippen LogP contribution is -2.38. The third-order valence-electron chi connectivity index (χ3n) is 3.34. The minimum atomic E-state index is -3.55. The van der Waals surface area contributed by atoms with Gasteiger partial charge in [-0.15, -0.1) is 0 Å². The minimum absolute atomic E-state index is 0.452. The molecule has 1 N–H and O–H groups in total. The van der Waals surface area contributed by atoms with E-state index >= 15 is 0 Å². The standard InChI is InChI=1S/C16H17ClN2O3S/c1-19(23(2,21)22)15(12-7-4-3-5-8-12)16(20)18-14-10-6-9-13(17)11-14/h3-11,15H,1-2H3,(H,18,20). The summed E-state index contributed by atoms with van der Waals surface area (Å²) in [5.74, 6) is -0.452. The molecule has 2 aromatic rings. The molecule has 23 heavy (non-hydrogen) atoms. The highest BCUT2D eigenvalue weighted by Gasteiger charge is 2.30. The summed E-state index contributed by atoms with van der Waals surface area (Å²) >= 11 is 5.90. The maximum Gasteiger partial charge on any atom is 0.247 e. The van der Waals surface area contributed by atoms with Gasteiger partial charge in [-0.3, -0.25) is 4.79 Å². The molecular formula is C16H17ClN2O3S. The quantitative estimate of drug-likeness (QED) is 0.899. The van der Waals surface area contributed by atoms with Gasteiger partial charge in [-0.25, -0.2) is 8.42 Å². The SMILES string of the molecule is CN(C(C(=O)Nc1cccc(Cl)c1)c1ccccc1)S(C)(=O)=O. The summed E-state index contributed by atoms with van der Waals surface area (Å²) in [6.07, 6.45) is 1.07. The van der Waals surface area contributed by atoms with E-state index in [9.17, 15) is 13.2 Å². The largest absolute Gasteiger partial charge is 0.324 e. The molecule has 0 aliphatic heterocycles. The van der Waals surface area contributed by atoms with Crippen molar-refractivity contribution in [3.05, 3.63) is 65.2 Å². The lowest BCUT2D eigenvalue weighted by molar-refractivity contribution is -0.119. The van der Waals surface area contributed by atoms with E-state index < -0.39 is 22.0 Å². The van der Waals surface area contributed by atoms with Crippen molar-refractivity contribution in [3.63, 3.8) is 0 Å². The van der Waals surface area contributed by atoms with Crippen molar-refractivity contribution in [2.45, 2.75) is 6.04 Å². The normalized spacial score (nSPS) is 12.9. The van der Waals surface area contributed by atoms with Gasteiger partial charge in [0, 0.05) is 17.8 Å². The zero-order valence-electron chi connectivity index (χ0n) is 12.7. The van der Waals surface area contributed by atoms with E-state index in [2.05, 4.69) is 5.32 Å². The summed E-state index contributed by atoms with van der Waals surface area (Å²) in [7, 11) is -2.17. The summed E-state index contributed by atoms with van der Waals surface area (Å²) in [6.45, 7) is 0. The average molecular weight is 353 g/mol. The van der Waals surface area contributed by atoms with E-state index in [1.165, 1.54) is 7.05 Å². The number of likely N-dealkylation sites (N-methyl/N-ethyl adjacent to an activating group) is 1. The van der Waals surface area contributed by atoms with Gasteiger partial charge in [0.05, 0.1) is 6.26 Å². The number of anilines is 1. The highest BCUT2D eigenvalue weighted by molar-refractivity contribution is 7.88. The van der Waals surface area contributed by atoms with Crippen molar-refractivity contribution in [2.75, 3.05) is 18.6 Å². The summed E-state index contributed by atoms with van der Waals surface area (Å²) in [6, 6.07) is 14.4. The Kier molecular flexibility index (Phi) is 5.41. The molecule has 0 saturated carbocycles. The minimum Gasteiger partial charge on any atom is -0.324 e. The van der Waals surface area contributed by atoms with Crippen molar-refractivity contribution < 1.29 is 13.2 Å². The molecule has 0 aliphatic carbocycles. The van der Waals surface area contributed by atoms with Crippen LogP contribution in [0.3, 0.4) is 0 Å². The van der Waals surface area contributed by atoms with E-state index in [-0.39, 0.29) is 0 Å². The molecule has 1 amide bonds. The monoisotopic (exact) mass is 352 g/mol. The molecule has 122 valence electrons. The Labute approximate surface area is 140 Å². The van der Waals surface area contributed by atoms with E-state index in [4.69, 9.17) is 11.6 Å². The van der Waals surface area contributed by atoms with Gasteiger partial charge < -0.3 is 5.32 Å². The number of nitrogens with zero attached hydrogens (tertiary/aromatic N) is 1. The van der Waals surface area contributed by atoms with E-state index in [0.29, 0.717) is 16.3 Å². The lowest BCUT2D eigenvalue weighted by Gasteiger charge is -2.25. The maximum atomic E-state index is 12.7. The van der Waals surface area contributed by atoms with Crippen LogP contribution < -0.4 is 5.32 Å². The molecule has 0 heterocycles. The fourth-order valence-corrected chi connectivity index (χ4v) is 2.92. The van der Waals surface area contributed by atoms with Gasteiger partial charge in [-0.2, -0.15) is 4.31 Å². The smallest absolute Gasteiger partial charge is 0.247 e. The first-order valence-corrected chi connectivity index (χ1v) is 9.06.